The molecule has 1 heterocycles. The van der Waals surface area contributed by atoms with Crippen LogP contribution < -0.4 is 0 Å². The normalized spacial score (nSPS) is 25.2. The van der Waals surface area contributed by atoms with Crippen LogP contribution in [-0.4, -0.2) is 47.0 Å². The van der Waals surface area contributed by atoms with Crippen molar-refractivity contribution in [2.24, 2.45) is 5.92 Å². The van der Waals surface area contributed by atoms with E-state index in [1.807, 2.05) is 30.3 Å². The van der Waals surface area contributed by atoms with E-state index >= 15 is 0 Å². The summed E-state index contributed by atoms with van der Waals surface area (Å²) in [7, 11) is 0. The summed E-state index contributed by atoms with van der Waals surface area (Å²) in [6, 6.07) is 8.07. The predicted octanol–water partition coefficient (Wildman–Crippen LogP) is 4.98. The highest BCUT2D eigenvalue weighted by Gasteiger charge is 2.45. The number of halogens is 1. The number of carboxylic acids is 1. The molecule has 1 N–H and O–H groups in total. The van der Waals surface area contributed by atoms with E-state index in [1.165, 1.54) is 6.42 Å². The van der Waals surface area contributed by atoms with Crippen LogP contribution in [-0.2, 0) is 20.9 Å². The van der Waals surface area contributed by atoms with Gasteiger partial charge >= 0.3 is 5.97 Å². The number of ether oxygens (including phenoxy) is 1. The van der Waals surface area contributed by atoms with Gasteiger partial charge in [0.25, 0.3) is 0 Å². The SMILES string of the molecule is O=C(O)CC/C=C/CCC1C(OCc2ccc(Br)cc2)CC(=O)C1N1CCCCC1. The lowest BCUT2D eigenvalue weighted by Gasteiger charge is -2.35. The standard InChI is InChI=1S/C24H32BrNO4/c25-19-12-10-18(11-13-19)17-30-22-16-21(27)24(26-14-6-3-7-15-26)20(22)8-4-1-2-5-9-23(28)29/h1-2,10-13,20,22,24H,3-9,14-17H2,(H,28,29)/b2-1+. The Morgan fingerprint density at radius 2 is 1.83 bits per heavy atom. The summed E-state index contributed by atoms with van der Waals surface area (Å²) in [6.07, 6.45) is 10.5. The largest absolute Gasteiger partial charge is 0.481 e. The minimum Gasteiger partial charge on any atom is -0.481 e. The third kappa shape index (κ3) is 6.76. The first-order valence-corrected chi connectivity index (χ1v) is 11.8. The Morgan fingerprint density at radius 3 is 2.53 bits per heavy atom. The number of carbonyl (C=O) groups is 2. The maximum absolute atomic E-state index is 12.9. The molecule has 1 saturated heterocycles. The summed E-state index contributed by atoms with van der Waals surface area (Å²) >= 11 is 3.46. The number of aliphatic carboxylic acids is 1. The molecule has 164 valence electrons. The molecule has 1 aromatic rings. The van der Waals surface area contributed by atoms with Gasteiger partial charge < -0.3 is 9.84 Å². The second-order valence-corrected chi connectivity index (χ2v) is 9.25. The van der Waals surface area contributed by atoms with Gasteiger partial charge in [-0.25, -0.2) is 0 Å². The second-order valence-electron chi connectivity index (χ2n) is 8.33. The monoisotopic (exact) mass is 477 g/mol. The van der Waals surface area contributed by atoms with E-state index in [0.717, 1.165) is 48.8 Å². The third-order valence-electron chi connectivity index (χ3n) is 6.13. The molecule has 0 aromatic heterocycles. The van der Waals surface area contributed by atoms with Crippen molar-refractivity contribution in [2.45, 2.75) is 70.1 Å². The molecule has 30 heavy (non-hydrogen) atoms. The molecule has 6 heteroatoms. The minimum absolute atomic E-state index is 0.0346. The Hall–Kier alpha value is -1.50. The van der Waals surface area contributed by atoms with E-state index in [0.29, 0.717) is 25.2 Å². The second kappa shape index (κ2) is 11.8. The first-order chi connectivity index (χ1) is 14.5. The predicted molar refractivity (Wildman–Crippen MR) is 120 cm³/mol. The highest BCUT2D eigenvalue weighted by atomic mass is 79.9. The first-order valence-electron chi connectivity index (χ1n) is 11.0. The number of likely N-dealkylation sites (tertiary alicyclic amines) is 1. The van der Waals surface area contributed by atoms with Crippen molar-refractivity contribution in [2.75, 3.05) is 13.1 Å². The van der Waals surface area contributed by atoms with Gasteiger partial charge in [-0.3, -0.25) is 14.5 Å². The van der Waals surface area contributed by atoms with Gasteiger partial charge in [0.05, 0.1) is 18.8 Å². The number of hydrogen-bond acceptors (Lipinski definition) is 4. The fourth-order valence-corrected chi connectivity index (χ4v) is 4.89. The number of ketones is 1. The van der Waals surface area contributed by atoms with Crippen LogP contribution in [0.15, 0.2) is 40.9 Å². The van der Waals surface area contributed by atoms with E-state index in [2.05, 4.69) is 26.9 Å². The quantitative estimate of drug-likeness (QED) is 0.481. The van der Waals surface area contributed by atoms with Crippen LogP contribution in [0.2, 0.25) is 0 Å². The number of rotatable bonds is 10. The Balaban J connectivity index is 1.62. The molecule has 3 unspecified atom stereocenters. The minimum atomic E-state index is -0.771. The molecule has 3 atom stereocenters. The van der Waals surface area contributed by atoms with Gasteiger partial charge in [0.2, 0.25) is 0 Å². The summed E-state index contributed by atoms with van der Waals surface area (Å²) in [4.78, 5) is 26.0. The lowest BCUT2D eigenvalue weighted by Crippen LogP contribution is -2.46. The number of carboxylic acid groups (broad SMARTS) is 1. The van der Waals surface area contributed by atoms with Gasteiger partial charge in [0.1, 0.15) is 0 Å². The molecule has 5 nitrogen and oxygen atoms in total. The maximum atomic E-state index is 12.9. The van der Waals surface area contributed by atoms with E-state index in [1.54, 1.807) is 0 Å². The van der Waals surface area contributed by atoms with Crippen molar-refractivity contribution in [1.29, 1.82) is 0 Å². The van der Waals surface area contributed by atoms with Gasteiger partial charge in [-0.1, -0.05) is 46.6 Å². The molecular formula is C24H32BrNO4. The highest BCUT2D eigenvalue weighted by Crippen LogP contribution is 2.35. The molecule has 2 aliphatic rings. The molecular weight excluding hydrogens is 446 g/mol. The molecule has 1 aliphatic heterocycles. The van der Waals surface area contributed by atoms with Gasteiger partial charge in [-0.05, 0) is 62.9 Å². The van der Waals surface area contributed by atoms with Crippen LogP contribution in [0.1, 0.15) is 56.9 Å². The molecule has 1 aromatic carbocycles. The summed E-state index contributed by atoms with van der Waals surface area (Å²) < 4.78 is 7.32. The van der Waals surface area contributed by atoms with Crippen LogP contribution in [0.5, 0.6) is 0 Å². The Labute approximate surface area is 187 Å². The lowest BCUT2D eigenvalue weighted by molar-refractivity contribution is -0.136. The summed E-state index contributed by atoms with van der Waals surface area (Å²) in [5, 5.41) is 8.76. The lowest BCUT2D eigenvalue weighted by atomic mass is 9.92. The molecule has 3 rings (SSSR count). The van der Waals surface area contributed by atoms with E-state index in [9.17, 15) is 9.59 Å². The number of hydrogen-bond donors (Lipinski definition) is 1. The van der Waals surface area contributed by atoms with E-state index in [-0.39, 0.29) is 24.5 Å². The third-order valence-corrected chi connectivity index (χ3v) is 6.66. The zero-order chi connectivity index (χ0) is 21.3. The zero-order valence-electron chi connectivity index (χ0n) is 17.5. The van der Waals surface area contributed by atoms with Gasteiger partial charge in [-0.15, -0.1) is 0 Å². The molecule has 2 fully saturated rings. The first kappa shape index (κ1) is 23.2. The van der Waals surface area contributed by atoms with Crippen molar-refractivity contribution in [3.05, 3.63) is 46.5 Å². The molecule has 0 amide bonds. The van der Waals surface area contributed by atoms with Crippen molar-refractivity contribution in [3.8, 4) is 0 Å². The zero-order valence-corrected chi connectivity index (χ0v) is 19.1. The van der Waals surface area contributed by atoms with Gasteiger partial charge in [-0.2, -0.15) is 0 Å². The average molecular weight is 478 g/mol. The van der Waals surface area contributed by atoms with E-state index in [4.69, 9.17) is 9.84 Å². The van der Waals surface area contributed by atoms with Crippen LogP contribution in [0, 0.1) is 5.92 Å². The molecule has 0 radical (unpaired) electrons. The number of benzene rings is 1. The van der Waals surface area contributed by atoms with Crippen LogP contribution in [0.3, 0.4) is 0 Å². The topological polar surface area (TPSA) is 66.8 Å². The number of allylic oxidation sites excluding steroid dienone is 2. The maximum Gasteiger partial charge on any atom is 0.303 e. The summed E-state index contributed by atoms with van der Waals surface area (Å²) in [6.45, 7) is 2.52. The van der Waals surface area contributed by atoms with Gasteiger partial charge in [0.15, 0.2) is 5.78 Å². The number of Topliss-reactive ketones (excluding diaryl/α,β-unsaturated/α-hetero) is 1. The fraction of sp³-hybridized carbons (Fsp3) is 0.583. The molecule has 1 saturated carbocycles. The smallest absolute Gasteiger partial charge is 0.303 e. The number of carbonyl (C=O) groups excluding carboxylic acids is 1. The summed E-state index contributed by atoms with van der Waals surface area (Å²) in [5.74, 6) is -0.264. The van der Waals surface area contributed by atoms with Crippen molar-refractivity contribution >= 4 is 27.7 Å². The molecule has 0 spiro atoms. The van der Waals surface area contributed by atoms with Gasteiger partial charge in [0, 0.05) is 23.2 Å². The number of nitrogens with zero attached hydrogens (tertiary/aromatic N) is 1. The summed E-state index contributed by atoms with van der Waals surface area (Å²) in [5.41, 5.74) is 1.11. The Kier molecular flexibility index (Phi) is 9.09. The Morgan fingerprint density at radius 1 is 1.13 bits per heavy atom. The highest BCUT2D eigenvalue weighted by molar-refractivity contribution is 9.10. The van der Waals surface area contributed by atoms with Crippen LogP contribution >= 0.6 is 15.9 Å². The molecule has 1 aliphatic carbocycles. The van der Waals surface area contributed by atoms with Crippen LogP contribution in [0.4, 0.5) is 0 Å². The van der Waals surface area contributed by atoms with Crippen molar-refractivity contribution in [3.63, 3.8) is 0 Å². The Bertz CT molecular complexity index is 727. The average Bonchev–Trinajstić information content (AvgIpc) is 3.05. The number of piperidine rings is 1. The van der Waals surface area contributed by atoms with Crippen LogP contribution in [0.25, 0.3) is 0 Å². The van der Waals surface area contributed by atoms with Crippen molar-refractivity contribution < 1.29 is 19.4 Å². The fourth-order valence-electron chi connectivity index (χ4n) is 4.62. The molecule has 0 bridgehead atoms. The van der Waals surface area contributed by atoms with E-state index < -0.39 is 5.97 Å². The van der Waals surface area contributed by atoms with Crippen molar-refractivity contribution in [1.82, 2.24) is 4.90 Å².